The highest BCUT2D eigenvalue weighted by molar-refractivity contribution is 5.92. The quantitative estimate of drug-likeness (QED) is 0.380. The lowest BCUT2D eigenvalue weighted by Gasteiger charge is -2.12. The number of benzene rings is 3. The minimum absolute atomic E-state index is 0.235. The summed E-state index contributed by atoms with van der Waals surface area (Å²) in [5.74, 6) is 0.849. The van der Waals surface area contributed by atoms with E-state index in [4.69, 9.17) is 19.4 Å². The molecule has 0 aliphatic rings. The molecule has 0 unspecified atom stereocenters. The molecule has 0 aliphatic heterocycles. The third-order valence-corrected chi connectivity index (χ3v) is 4.84. The van der Waals surface area contributed by atoms with Crippen LogP contribution in [0.3, 0.4) is 0 Å². The number of aromatic nitrogens is 3. The third kappa shape index (κ3) is 2.74. The number of oxazole rings is 1. The molecular formula is C24H19N3O. The lowest BCUT2D eigenvalue weighted by atomic mass is 10.0. The van der Waals surface area contributed by atoms with Crippen molar-refractivity contribution in [2.75, 3.05) is 0 Å². The van der Waals surface area contributed by atoms with Crippen LogP contribution >= 0.6 is 0 Å². The molecule has 0 aliphatic carbocycles. The van der Waals surface area contributed by atoms with Gasteiger partial charge in [0, 0.05) is 11.1 Å². The summed E-state index contributed by atoms with van der Waals surface area (Å²) in [6.45, 7) is 4.27. The van der Waals surface area contributed by atoms with Crippen molar-refractivity contribution in [3.05, 3.63) is 78.5 Å². The van der Waals surface area contributed by atoms with Crippen molar-refractivity contribution >= 4 is 22.1 Å². The molecular weight excluding hydrogens is 346 g/mol. The molecule has 0 amide bonds. The van der Waals surface area contributed by atoms with Crippen molar-refractivity contribution in [3.8, 4) is 22.7 Å². The summed E-state index contributed by atoms with van der Waals surface area (Å²) in [6.07, 6.45) is 0. The molecule has 0 atom stereocenters. The van der Waals surface area contributed by atoms with E-state index in [0.29, 0.717) is 5.89 Å². The summed E-state index contributed by atoms with van der Waals surface area (Å²) in [5, 5.41) is 0. The summed E-state index contributed by atoms with van der Waals surface area (Å²) in [4.78, 5) is 14.5. The molecule has 2 aromatic heterocycles. The molecule has 3 aromatic carbocycles. The number of fused-ring (bicyclic) bond motifs is 2. The number of para-hydroxylation sites is 3. The summed E-state index contributed by atoms with van der Waals surface area (Å²) in [5.41, 5.74) is 7.05. The number of hydrogen-bond acceptors (Lipinski definition) is 4. The van der Waals surface area contributed by atoms with Crippen LogP contribution in [0.5, 0.6) is 0 Å². The van der Waals surface area contributed by atoms with Gasteiger partial charge in [0.05, 0.1) is 22.4 Å². The monoisotopic (exact) mass is 365 g/mol. The highest BCUT2D eigenvalue weighted by Crippen LogP contribution is 2.35. The van der Waals surface area contributed by atoms with Gasteiger partial charge in [0.1, 0.15) is 5.52 Å². The van der Waals surface area contributed by atoms with Gasteiger partial charge in [-0.05, 0) is 42.3 Å². The predicted octanol–water partition coefficient (Wildman–Crippen LogP) is 6.23. The molecule has 136 valence electrons. The Labute approximate surface area is 162 Å². The molecule has 28 heavy (non-hydrogen) atoms. The maximum Gasteiger partial charge on any atom is 0.227 e. The van der Waals surface area contributed by atoms with Crippen molar-refractivity contribution in [3.63, 3.8) is 0 Å². The van der Waals surface area contributed by atoms with E-state index >= 15 is 0 Å². The molecule has 0 spiro atoms. The first-order valence-corrected chi connectivity index (χ1v) is 9.43. The van der Waals surface area contributed by atoms with Crippen molar-refractivity contribution in [2.24, 2.45) is 0 Å². The van der Waals surface area contributed by atoms with Crippen LogP contribution in [0, 0.1) is 0 Å². The number of rotatable bonds is 3. The van der Waals surface area contributed by atoms with E-state index in [0.717, 1.165) is 44.6 Å². The first-order chi connectivity index (χ1) is 13.7. The molecule has 0 fully saturated rings. The van der Waals surface area contributed by atoms with E-state index in [-0.39, 0.29) is 5.92 Å². The molecule has 0 saturated heterocycles. The molecule has 0 bridgehead atoms. The Hall–Kier alpha value is -3.53. The maximum atomic E-state index is 6.21. The van der Waals surface area contributed by atoms with E-state index in [1.165, 1.54) is 0 Å². The highest BCUT2D eigenvalue weighted by Gasteiger charge is 2.19. The summed E-state index contributed by atoms with van der Waals surface area (Å²) < 4.78 is 6.21. The van der Waals surface area contributed by atoms with Gasteiger partial charge in [-0.1, -0.05) is 50.2 Å². The molecule has 5 aromatic rings. The Balaban J connectivity index is 1.77. The van der Waals surface area contributed by atoms with Crippen LogP contribution < -0.4 is 0 Å². The molecule has 5 rings (SSSR count). The van der Waals surface area contributed by atoms with Crippen molar-refractivity contribution < 1.29 is 4.42 Å². The van der Waals surface area contributed by atoms with Gasteiger partial charge in [0.25, 0.3) is 0 Å². The Morgan fingerprint density at radius 3 is 2.11 bits per heavy atom. The SMILES string of the molecule is CC(C)c1nc2ccccc2nc1-c1cccc2nc(-c3ccccc3)oc12. The minimum Gasteiger partial charge on any atom is -0.435 e. The fraction of sp³-hybridized carbons (Fsp3) is 0.125. The van der Waals surface area contributed by atoms with Gasteiger partial charge in [-0.2, -0.15) is 0 Å². The first-order valence-electron chi connectivity index (χ1n) is 9.43. The van der Waals surface area contributed by atoms with Crippen molar-refractivity contribution in [2.45, 2.75) is 19.8 Å². The molecule has 0 N–H and O–H groups in total. The van der Waals surface area contributed by atoms with Crippen LogP contribution in [0.1, 0.15) is 25.5 Å². The van der Waals surface area contributed by atoms with E-state index in [1.807, 2.05) is 72.8 Å². The van der Waals surface area contributed by atoms with Gasteiger partial charge in [0.15, 0.2) is 5.58 Å². The Morgan fingerprint density at radius 2 is 1.36 bits per heavy atom. The Bertz CT molecular complexity index is 1290. The summed E-state index contributed by atoms with van der Waals surface area (Å²) in [6, 6.07) is 23.9. The van der Waals surface area contributed by atoms with Gasteiger partial charge in [-0.15, -0.1) is 0 Å². The highest BCUT2D eigenvalue weighted by atomic mass is 16.3. The number of nitrogens with zero attached hydrogens (tertiary/aromatic N) is 3. The second-order valence-electron chi connectivity index (χ2n) is 7.14. The largest absolute Gasteiger partial charge is 0.435 e. The molecule has 4 nitrogen and oxygen atoms in total. The first kappa shape index (κ1) is 16.6. The molecule has 4 heteroatoms. The van der Waals surface area contributed by atoms with Crippen LogP contribution in [-0.4, -0.2) is 15.0 Å². The van der Waals surface area contributed by atoms with Crippen molar-refractivity contribution in [1.29, 1.82) is 0 Å². The zero-order chi connectivity index (χ0) is 19.1. The lowest BCUT2D eigenvalue weighted by Crippen LogP contribution is -2.01. The maximum absolute atomic E-state index is 6.21. The van der Waals surface area contributed by atoms with Crippen LogP contribution in [0.25, 0.3) is 44.8 Å². The van der Waals surface area contributed by atoms with Crippen molar-refractivity contribution in [1.82, 2.24) is 15.0 Å². The normalized spacial score (nSPS) is 11.5. The zero-order valence-corrected chi connectivity index (χ0v) is 15.8. The second kappa shape index (κ2) is 6.57. The predicted molar refractivity (Wildman–Crippen MR) is 112 cm³/mol. The minimum atomic E-state index is 0.235. The van der Waals surface area contributed by atoms with Crippen LogP contribution in [0.15, 0.2) is 77.2 Å². The van der Waals surface area contributed by atoms with Gasteiger partial charge in [-0.25, -0.2) is 15.0 Å². The average Bonchev–Trinajstić information content (AvgIpc) is 3.18. The summed E-state index contributed by atoms with van der Waals surface area (Å²) in [7, 11) is 0. The van der Waals surface area contributed by atoms with Gasteiger partial charge >= 0.3 is 0 Å². The zero-order valence-electron chi connectivity index (χ0n) is 15.8. The van der Waals surface area contributed by atoms with E-state index in [2.05, 4.69) is 13.8 Å². The smallest absolute Gasteiger partial charge is 0.227 e. The van der Waals surface area contributed by atoms with Crippen LogP contribution in [0.4, 0.5) is 0 Å². The fourth-order valence-corrected chi connectivity index (χ4v) is 3.45. The van der Waals surface area contributed by atoms with E-state index < -0.39 is 0 Å². The number of hydrogen-bond donors (Lipinski definition) is 0. The van der Waals surface area contributed by atoms with E-state index in [1.54, 1.807) is 0 Å². The Kier molecular flexibility index (Phi) is 3.90. The molecule has 0 radical (unpaired) electrons. The molecule has 0 saturated carbocycles. The average molecular weight is 365 g/mol. The van der Waals surface area contributed by atoms with Gasteiger partial charge < -0.3 is 4.42 Å². The molecule has 2 heterocycles. The van der Waals surface area contributed by atoms with E-state index in [9.17, 15) is 0 Å². The van der Waals surface area contributed by atoms with Crippen LogP contribution in [-0.2, 0) is 0 Å². The topological polar surface area (TPSA) is 51.8 Å². The fourth-order valence-electron chi connectivity index (χ4n) is 3.45. The standard InChI is InChI=1S/C24H19N3O/c1-15(2)21-22(26-19-13-7-6-12-18(19)25-21)17-11-8-14-20-23(17)28-24(27-20)16-9-4-3-5-10-16/h3-15H,1-2H3. The van der Waals surface area contributed by atoms with Gasteiger partial charge in [-0.3, -0.25) is 0 Å². The second-order valence-corrected chi connectivity index (χ2v) is 7.14. The van der Waals surface area contributed by atoms with Crippen LogP contribution in [0.2, 0.25) is 0 Å². The lowest BCUT2D eigenvalue weighted by molar-refractivity contribution is 0.620. The Morgan fingerprint density at radius 1 is 0.679 bits per heavy atom. The summed E-state index contributed by atoms with van der Waals surface area (Å²) >= 11 is 0. The third-order valence-electron chi connectivity index (χ3n) is 4.84. The van der Waals surface area contributed by atoms with Gasteiger partial charge in [0.2, 0.25) is 5.89 Å².